The van der Waals surface area contributed by atoms with E-state index in [1.165, 1.54) is 0 Å². The Morgan fingerprint density at radius 1 is 1.42 bits per heavy atom. The minimum Gasteiger partial charge on any atom is -0.473 e. The number of hydrogen-bond donors (Lipinski definition) is 2. The van der Waals surface area contributed by atoms with Crippen LogP contribution in [-0.2, 0) is 4.74 Å². The summed E-state index contributed by atoms with van der Waals surface area (Å²) in [6.45, 7) is 6.48. The fourth-order valence-corrected chi connectivity index (χ4v) is 1.76. The average molecular weight is 289 g/mol. The van der Waals surface area contributed by atoms with Crippen molar-refractivity contribution in [3.05, 3.63) is 6.20 Å². The molecule has 0 fully saturated rings. The number of nitrogens with zero attached hydrogens (tertiary/aromatic N) is 2. The van der Waals surface area contributed by atoms with E-state index in [0.717, 1.165) is 37.7 Å². The van der Waals surface area contributed by atoms with Crippen molar-refractivity contribution in [2.24, 2.45) is 0 Å². The fourth-order valence-electron chi connectivity index (χ4n) is 1.40. The molecule has 7 heteroatoms. The van der Waals surface area contributed by atoms with Crippen molar-refractivity contribution in [3.63, 3.8) is 0 Å². The molecular weight excluding hydrogens is 266 g/mol. The van der Waals surface area contributed by atoms with Gasteiger partial charge in [-0.2, -0.15) is 4.37 Å². The molecule has 1 unspecified atom stereocenters. The lowest BCUT2D eigenvalue weighted by Crippen LogP contribution is -2.32. The van der Waals surface area contributed by atoms with Crippen LogP contribution in [0.2, 0.25) is 0 Å². The maximum absolute atomic E-state index is 9.67. The predicted octanol–water partition coefficient (Wildman–Crippen LogP) is 1.07. The summed E-state index contributed by atoms with van der Waals surface area (Å²) in [5.74, 6) is 0.467. The molecule has 1 rings (SSSR count). The van der Waals surface area contributed by atoms with Gasteiger partial charge in [-0.3, -0.25) is 0 Å². The van der Waals surface area contributed by atoms with Gasteiger partial charge in [-0.25, -0.2) is 0 Å². The SMILES string of the molecule is CC(C)OCCCCNCC(O)COc1cnsn1. The number of hydrogen-bond acceptors (Lipinski definition) is 7. The number of unbranched alkanes of at least 4 members (excludes halogenated alkanes) is 1. The number of rotatable bonds is 11. The Morgan fingerprint density at radius 3 is 2.95 bits per heavy atom. The summed E-state index contributed by atoms with van der Waals surface area (Å²) >= 11 is 1.09. The minimum atomic E-state index is -0.534. The number of aromatic nitrogens is 2. The number of nitrogens with one attached hydrogen (secondary N) is 1. The third-order valence-electron chi connectivity index (χ3n) is 2.34. The Morgan fingerprint density at radius 2 is 2.26 bits per heavy atom. The van der Waals surface area contributed by atoms with E-state index in [4.69, 9.17) is 9.47 Å². The molecule has 0 aliphatic heterocycles. The molecule has 6 nitrogen and oxygen atoms in total. The molecule has 0 aromatic carbocycles. The van der Waals surface area contributed by atoms with Crippen molar-refractivity contribution in [3.8, 4) is 5.88 Å². The monoisotopic (exact) mass is 289 g/mol. The van der Waals surface area contributed by atoms with Crippen LogP contribution in [0.1, 0.15) is 26.7 Å². The lowest BCUT2D eigenvalue weighted by Gasteiger charge is -2.12. The van der Waals surface area contributed by atoms with Gasteiger partial charge in [-0.15, -0.1) is 4.37 Å². The largest absolute Gasteiger partial charge is 0.473 e. The first-order valence-corrected chi connectivity index (χ1v) is 7.32. The van der Waals surface area contributed by atoms with Crippen LogP contribution in [0, 0.1) is 0 Å². The molecule has 0 saturated heterocycles. The maximum atomic E-state index is 9.67. The molecule has 0 bridgehead atoms. The molecule has 1 aromatic heterocycles. The van der Waals surface area contributed by atoms with Crippen molar-refractivity contribution in [2.75, 3.05) is 26.3 Å². The van der Waals surface area contributed by atoms with Crippen molar-refractivity contribution < 1.29 is 14.6 Å². The van der Waals surface area contributed by atoms with Crippen molar-refractivity contribution in [1.29, 1.82) is 0 Å². The van der Waals surface area contributed by atoms with Gasteiger partial charge < -0.3 is 19.9 Å². The van der Waals surface area contributed by atoms with Gasteiger partial charge in [0.25, 0.3) is 0 Å². The van der Waals surface area contributed by atoms with Crippen LogP contribution in [0.15, 0.2) is 6.20 Å². The molecule has 1 atom stereocenters. The van der Waals surface area contributed by atoms with Crippen LogP contribution >= 0.6 is 11.7 Å². The van der Waals surface area contributed by atoms with Gasteiger partial charge >= 0.3 is 0 Å². The molecule has 0 radical (unpaired) electrons. The predicted molar refractivity (Wildman–Crippen MR) is 74.6 cm³/mol. The normalized spacial score (nSPS) is 12.8. The van der Waals surface area contributed by atoms with E-state index in [9.17, 15) is 5.11 Å². The first-order valence-electron chi connectivity index (χ1n) is 6.59. The second kappa shape index (κ2) is 10.1. The molecule has 0 spiro atoms. The van der Waals surface area contributed by atoms with Crippen LogP contribution < -0.4 is 10.1 Å². The molecular formula is C12H23N3O3S. The Hall–Kier alpha value is -0.760. The van der Waals surface area contributed by atoms with E-state index in [1.54, 1.807) is 6.20 Å². The van der Waals surface area contributed by atoms with Gasteiger partial charge in [-0.1, -0.05) is 0 Å². The number of aliphatic hydroxyl groups is 1. The molecule has 19 heavy (non-hydrogen) atoms. The highest BCUT2D eigenvalue weighted by Gasteiger charge is 2.05. The molecule has 0 aliphatic carbocycles. The molecule has 2 N–H and O–H groups in total. The highest BCUT2D eigenvalue weighted by molar-refractivity contribution is 6.99. The lowest BCUT2D eigenvalue weighted by molar-refractivity contribution is 0.0754. The van der Waals surface area contributed by atoms with Gasteiger partial charge in [0, 0.05) is 13.2 Å². The Bertz CT molecular complexity index is 309. The standard InChI is InChI=1S/C12H23N3O3S/c1-10(2)17-6-4-3-5-13-7-11(16)9-18-12-8-14-19-15-12/h8,10-11,13,16H,3-7,9H2,1-2H3. The summed E-state index contributed by atoms with van der Waals surface area (Å²) in [7, 11) is 0. The Labute approximate surface area is 118 Å². The van der Waals surface area contributed by atoms with Gasteiger partial charge in [-0.05, 0) is 33.2 Å². The van der Waals surface area contributed by atoms with E-state index in [2.05, 4.69) is 14.1 Å². The van der Waals surface area contributed by atoms with E-state index in [0.29, 0.717) is 18.5 Å². The van der Waals surface area contributed by atoms with Crippen molar-refractivity contribution in [1.82, 2.24) is 14.1 Å². The Balaban J connectivity index is 1.88. The fraction of sp³-hybridized carbons (Fsp3) is 0.833. The summed E-state index contributed by atoms with van der Waals surface area (Å²) in [5, 5.41) is 12.9. The summed E-state index contributed by atoms with van der Waals surface area (Å²) in [6, 6.07) is 0. The average Bonchev–Trinajstić information content (AvgIpc) is 2.88. The Kier molecular flexibility index (Phi) is 8.64. The molecule has 0 saturated carbocycles. The van der Waals surface area contributed by atoms with E-state index in [-0.39, 0.29) is 6.61 Å². The molecule has 1 heterocycles. The third kappa shape index (κ3) is 8.88. The summed E-state index contributed by atoms with van der Waals surface area (Å²) < 4.78 is 18.4. The summed E-state index contributed by atoms with van der Waals surface area (Å²) in [4.78, 5) is 0. The highest BCUT2D eigenvalue weighted by atomic mass is 32.1. The van der Waals surface area contributed by atoms with Gasteiger partial charge in [0.1, 0.15) is 18.9 Å². The van der Waals surface area contributed by atoms with Crippen LogP contribution in [0.4, 0.5) is 0 Å². The van der Waals surface area contributed by atoms with Crippen molar-refractivity contribution in [2.45, 2.75) is 38.9 Å². The van der Waals surface area contributed by atoms with Gasteiger partial charge in [0.15, 0.2) is 0 Å². The van der Waals surface area contributed by atoms with E-state index < -0.39 is 6.10 Å². The molecule has 0 aliphatic rings. The second-order valence-corrected chi connectivity index (χ2v) is 5.10. The van der Waals surface area contributed by atoms with Crippen LogP contribution in [0.3, 0.4) is 0 Å². The minimum absolute atomic E-state index is 0.231. The topological polar surface area (TPSA) is 76.5 Å². The zero-order chi connectivity index (χ0) is 13.9. The van der Waals surface area contributed by atoms with Crippen LogP contribution in [0.5, 0.6) is 5.88 Å². The smallest absolute Gasteiger partial charge is 0.245 e. The maximum Gasteiger partial charge on any atom is 0.245 e. The molecule has 110 valence electrons. The first-order chi connectivity index (χ1) is 9.18. The zero-order valence-electron chi connectivity index (χ0n) is 11.5. The zero-order valence-corrected chi connectivity index (χ0v) is 12.4. The first kappa shape index (κ1) is 16.3. The van der Waals surface area contributed by atoms with Crippen LogP contribution in [-0.4, -0.2) is 52.4 Å². The number of ether oxygens (including phenoxy) is 2. The van der Waals surface area contributed by atoms with Crippen molar-refractivity contribution >= 4 is 11.7 Å². The van der Waals surface area contributed by atoms with E-state index >= 15 is 0 Å². The lowest BCUT2D eigenvalue weighted by atomic mass is 10.3. The number of aliphatic hydroxyl groups excluding tert-OH is 1. The summed E-state index contributed by atoms with van der Waals surface area (Å²) in [5.41, 5.74) is 0. The van der Waals surface area contributed by atoms with E-state index in [1.807, 2.05) is 13.8 Å². The second-order valence-electron chi connectivity index (χ2n) is 4.54. The molecule has 1 aromatic rings. The quantitative estimate of drug-likeness (QED) is 0.594. The highest BCUT2D eigenvalue weighted by Crippen LogP contribution is 2.05. The summed E-state index contributed by atoms with van der Waals surface area (Å²) in [6.07, 6.45) is 3.37. The third-order valence-corrected chi connectivity index (χ3v) is 2.81. The van der Waals surface area contributed by atoms with Crippen LogP contribution in [0.25, 0.3) is 0 Å². The molecule has 0 amide bonds. The van der Waals surface area contributed by atoms with Gasteiger partial charge in [0.05, 0.1) is 17.8 Å². The van der Waals surface area contributed by atoms with Gasteiger partial charge in [0.2, 0.25) is 5.88 Å².